The van der Waals surface area contributed by atoms with E-state index in [0.717, 1.165) is 22.9 Å². The van der Waals surface area contributed by atoms with Crippen LogP contribution in [0.3, 0.4) is 0 Å². The van der Waals surface area contributed by atoms with Crippen molar-refractivity contribution in [3.05, 3.63) is 40.0 Å². The van der Waals surface area contributed by atoms with E-state index in [4.69, 9.17) is 16.2 Å². The highest BCUT2D eigenvalue weighted by Gasteiger charge is 2.45. The molecule has 13 N–H and O–H groups in total. The van der Waals surface area contributed by atoms with Gasteiger partial charge in [0.05, 0.1) is 29.6 Å². The fraction of sp³-hybridized carbons (Fsp3) is 0.591. The summed E-state index contributed by atoms with van der Waals surface area (Å²) in [5.41, 5.74) is 10.8. The minimum Gasteiger partial charge on any atom is -0.507 e. The van der Waals surface area contributed by atoms with Gasteiger partial charge in [0.1, 0.15) is 41.7 Å². The van der Waals surface area contributed by atoms with E-state index in [1.807, 2.05) is 13.8 Å². The van der Waals surface area contributed by atoms with Crippen molar-refractivity contribution in [3.63, 3.8) is 0 Å². The van der Waals surface area contributed by atoms with Gasteiger partial charge in [-0.25, -0.2) is 0 Å². The number of fused-ring (bicyclic) bond motifs is 1. The number of primary amides is 2. The van der Waals surface area contributed by atoms with Crippen molar-refractivity contribution >= 4 is 75.0 Å². The summed E-state index contributed by atoms with van der Waals surface area (Å²) in [4.78, 5) is 138. The molecule has 0 bridgehead atoms. The predicted octanol–water partition coefficient (Wildman–Crippen LogP) is -3.21. The molecule has 0 spiro atoms. The highest BCUT2D eigenvalue weighted by molar-refractivity contribution is 9.10. The van der Waals surface area contributed by atoms with Gasteiger partial charge in [0.15, 0.2) is 12.2 Å². The molecule has 1 aromatic carbocycles. The van der Waals surface area contributed by atoms with Gasteiger partial charge in [-0.15, -0.1) is 0 Å². The molecule has 0 radical (unpaired) electrons. The third-order valence-corrected chi connectivity index (χ3v) is 12.6. The van der Waals surface area contributed by atoms with Crippen molar-refractivity contribution < 1.29 is 68.0 Å². The number of methoxy groups -OCH3 is 1. The number of amides is 10. The molecule has 10 amide bonds. The molecule has 11 unspecified atom stereocenters. The second kappa shape index (κ2) is 26.0. The van der Waals surface area contributed by atoms with Crippen LogP contribution in [-0.4, -0.2) is 166 Å². The van der Waals surface area contributed by atoms with Crippen LogP contribution in [0.25, 0.3) is 0 Å². The van der Waals surface area contributed by atoms with Crippen LogP contribution in [0.15, 0.2) is 34.4 Å². The highest BCUT2D eigenvalue weighted by atomic mass is 79.9. The van der Waals surface area contributed by atoms with E-state index in [0.29, 0.717) is 18.4 Å². The third-order valence-electron chi connectivity index (χ3n) is 12.0. The van der Waals surface area contributed by atoms with Gasteiger partial charge >= 0.3 is 0 Å². The van der Waals surface area contributed by atoms with Gasteiger partial charge in [0.25, 0.3) is 11.8 Å². The first-order chi connectivity index (χ1) is 32.3. The number of nitrogens with zero attached hydrogens (tertiary/aromatic N) is 2. The fourth-order valence-corrected chi connectivity index (χ4v) is 8.04. The number of hydrogen-bond acceptors (Lipinski definition) is 14. The Hall–Kier alpha value is -6.18. The highest BCUT2D eigenvalue weighted by Crippen LogP contribution is 2.27. The zero-order chi connectivity index (χ0) is 52.0. The quantitative estimate of drug-likeness (QED) is 0.0919. The van der Waals surface area contributed by atoms with E-state index >= 15 is 0 Å². The van der Waals surface area contributed by atoms with Gasteiger partial charge in [-0.05, 0) is 78.6 Å². The number of aliphatic hydroxyl groups is 2. The molecule has 2 saturated heterocycles. The molecule has 382 valence electrons. The molecule has 2 heterocycles. The Bertz CT molecular complexity index is 2140. The van der Waals surface area contributed by atoms with Crippen LogP contribution in [0.1, 0.15) is 72.3 Å². The van der Waals surface area contributed by atoms with Crippen LogP contribution in [0.4, 0.5) is 0 Å². The fourth-order valence-electron chi connectivity index (χ4n) is 7.61. The number of hydrogen-bond donors (Lipinski definition) is 11. The number of aromatic hydroxyl groups is 1. The summed E-state index contributed by atoms with van der Waals surface area (Å²) >= 11 is 3.22. The summed E-state index contributed by atoms with van der Waals surface area (Å²) in [7, 11) is 2.35. The normalized spacial score (nSPS) is 27.3. The summed E-state index contributed by atoms with van der Waals surface area (Å²) < 4.78 is 5.64. The molecule has 24 nitrogen and oxygen atoms in total. The average molecular weight is 1040 g/mol. The molecular weight excluding hydrogens is 972 g/mol. The zero-order valence-electron chi connectivity index (χ0n) is 39.6. The van der Waals surface area contributed by atoms with Gasteiger partial charge in [0, 0.05) is 27.1 Å². The number of aliphatic hydroxyl groups excluding tert-OH is 2. The summed E-state index contributed by atoms with van der Waals surface area (Å²) in [5.74, 6) is -11.4. The molecule has 2 fully saturated rings. The van der Waals surface area contributed by atoms with Crippen LogP contribution >= 0.6 is 15.9 Å². The molecule has 1 aromatic rings. The standard InChI is InChI=1S/C44H65BrN10O14/c1-8-20(3)10-12-26-35(59)42(66)48-25(9-2)43(67)54(6)19-32(58)52-34(36(60)37(47)61)41(65)53-33(22(5)69-7)44(68)55-18-21(4)14-29(55)40(64)51-27(16-23-11-13-30(56)24(45)15-23)38(62)50-28(17-31(46)57)39(63)49-26/h9,11,13,15,20-22,26-29,33-36,56,59-60H,8,10,12,14,16-19H2,1-7H3,(H2,46,57)(H2,47,61)(H,48,66)(H,49,63)(H,50,62)(H,51,64)(H,52,58)(H,53,65)/b25-9-. The number of benzene rings is 1. The van der Waals surface area contributed by atoms with E-state index in [-0.39, 0.29) is 47.9 Å². The topological polar surface area (TPSA) is 371 Å². The van der Waals surface area contributed by atoms with E-state index in [2.05, 4.69) is 47.8 Å². The van der Waals surface area contributed by atoms with Crippen LogP contribution in [0.2, 0.25) is 0 Å². The number of carbonyl (C=O) groups excluding carboxylic acids is 10. The lowest BCUT2D eigenvalue weighted by atomic mass is 9.95. The van der Waals surface area contributed by atoms with Crippen LogP contribution in [0, 0.1) is 11.8 Å². The summed E-state index contributed by atoms with van der Waals surface area (Å²) in [6.45, 7) is 7.36. The van der Waals surface area contributed by atoms with Crippen molar-refractivity contribution in [2.45, 2.75) is 128 Å². The Kier molecular flexibility index (Phi) is 21.5. The molecular formula is C44H65BrN10O14. The monoisotopic (exact) mass is 1040 g/mol. The number of carbonyl (C=O) groups is 10. The lowest BCUT2D eigenvalue weighted by Crippen LogP contribution is -2.64. The number of ether oxygens (including phenoxy) is 1. The number of nitrogens with one attached hydrogen (secondary N) is 6. The third kappa shape index (κ3) is 15.9. The van der Waals surface area contributed by atoms with Crippen molar-refractivity contribution in [2.24, 2.45) is 23.3 Å². The van der Waals surface area contributed by atoms with Crippen LogP contribution < -0.4 is 43.4 Å². The van der Waals surface area contributed by atoms with Crippen LogP contribution in [-0.2, 0) is 59.1 Å². The Balaban J connectivity index is 2.23. The number of allylic oxidation sites excluding steroid dienone is 1. The molecule has 11 atom stereocenters. The maximum Gasteiger partial charge on any atom is 0.270 e. The molecule has 3 rings (SSSR count). The summed E-state index contributed by atoms with van der Waals surface area (Å²) in [5, 5.41) is 46.8. The average Bonchev–Trinajstić information content (AvgIpc) is 3.70. The number of halogens is 1. The Labute approximate surface area is 407 Å². The number of likely N-dealkylation sites (N-methyl/N-ethyl adjacent to an activating group) is 1. The summed E-state index contributed by atoms with van der Waals surface area (Å²) in [6.07, 6.45) is -4.47. The number of phenolic OH excluding ortho intramolecular Hbond substituents is 1. The van der Waals surface area contributed by atoms with Gasteiger partial charge < -0.3 is 73.2 Å². The zero-order valence-corrected chi connectivity index (χ0v) is 41.2. The first-order valence-corrected chi connectivity index (χ1v) is 23.1. The number of rotatable bonds is 12. The van der Waals surface area contributed by atoms with Gasteiger partial charge in [0.2, 0.25) is 47.3 Å². The predicted molar refractivity (Wildman–Crippen MR) is 248 cm³/mol. The van der Waals surface area contributed by atoms with E-state index < -0.39 is 132 Å². The lowest BCUT2D eigenvalue weighted by molar-refractivity contribution is -0.146. The van der Waals surface area contributed by atoms with Crippen LogP contribution in [0.5, 0.6) is 5.75 Å². The smallest absolute Gasteiger partial charge is 0.270 e. The molecule has 69 heavy (non-hydrogen) atoms. The minimum atomic E-state index is -2.38. The number of phenols is 1. The molecule has 2 aliphatic rings. The van der Waals surface area contributed by atoms with Gasteiger partial charge in [-0.2, -0.15) is 0 Å². The number of nitrogens with two attached hydrogens (primary N) is 2. The van der Waals surface area contributed by atoms with E-state index in [1.165, 1.54) is 39.2 Å². The van der Waals surface area contributed by atoms with Crippen molar-refractivity contribution in [2.75, 3.05) is 27.2 Å². The first kappa shape index (κ1) is 57.1. The van der Waals surface area contributed by atoms with Gasteiger partial charge in [-0.1, -0.05) is 39.3 Å². The van der Waals surface area contributed by atoms with Crippen molar-refractivity contribution in [1.29, 1.82) is 0 Å². The Morgan fingerprint density at radius 2 is 1.57 bits per heavy atom. The van der Waals surface area contributed by atoms with E-state index in [1.54, 1.807) is 6.92 Å². The Morgan fingerprint density at radius 3 is 2.14 bits per heavy atom. The van der Waals surface area contributed by atoms with E-state index in [9.17, 15) is 63.3 Å². The lowest BCUT2D eigenvalue weighted by Gasteiger charge is -2.33. The van der Waals surface area contributed by atoms with Gasteiger partial charge in [-0.3, -0.25) is 47.9 Å². The maximum atomic E-state index is 14.5. The second-order valence-electron chi connectivity index (χ2n) is 17.5. The maximum absolute atomic E-state index is 14.5. The summed E-state index contributed by atoms with van der Waals surface area (Å²) in [6, 6.07) is -5.56. The molecule has 25 heteroatoms. The largest absolute Gasteiger partial charge is 0.507 e. The minimum absolute atomic E-state index is 0.0227. The first-order valence-electron chi connectivity index (χ1n) is 22.3. The molecule has 0 saturated carbocycles. The van der Waals surface area contributed by atoms with Crippen molar-refractivity contribution in [3.8, 4) is 5.75 Å². The second-order valence-corrected chi connectivity index (χ2v) is 18.3. The van der Waals surface area contributed by atoms with Crippen molar-refractivity contribution in [1.82, 2.24) is 41.7 Å². The Morgan fingerprint density at radius 1 is 0.928 bits per heavy atom. The molecule has 0 aromatic heterocycles. The SMILES string of the molecule is C/C=C1\NC(=O)C(O)C(CCC(C)CC)NC(=O)C(CC(N)=O)NC(=O)C(Cc2ccc(O)c(Br)c2)NC(=O)C2CC(C)CN2C(=O)C(C(C)OC)NC(=O)C(C(O)C(N)=O)NC(=O)CN(C)C1=O. The molecule has 2 aliphatic heterocycles. The molecule has 0 aliphatic carbocycles.